The molecule has 0 aliphatic heterocycles. The van der Waals surface area contributed by atoms with Crippen molar-refractivity contribution in [1.29, 1.82) is 0 Å². The third kappa shape index (κ3) is 5.81. The molecule has 0 fully saturated rings. The fourth-order valence-corrected chi connectivity index (χ4v) is 5.89. The Hall–Kier alpha value is -4.15. The van der Waals surface area contributed by atoms with Gasteiger partial charge in [-0.05, 0) is 55.7 Å². The van der Waals surface area contributed by atoms with Crippen LogP contribution in [-0.2, 0) is 14.8 Å². The van der Waals surface area contributed by atoms with Crippen molar-refractivity contribution < 1.29 is 32.3 Å². The molecule has 0 saturated heterocycles. The molecule has 9 nitrogen and oxygen atoms in total. The van der Waals surface area contributed by atoms with Crippen molar-refractivity contribution in [2.75, 3.05) is 11.9 Å². The number of carboxylic acids is 1. The molecule has 39 heavy (non-hydrogen) atoms. The lowest BCUT2D eigenvalue weighted by Crippen LogP contribution is -2.44. The van der Waals surface area contributed by atoms with Crippen LogP contribution in [0.25, 0.3) is 22.1 Å². The third-order valence-corrected chi connectivity index (χ3v) is 7.77. The van der Waals surface area contributed by atoms with Crippen LogP contribution in [0.15, 0.2) is 76.0 Å². The van der Waals surface area contributed by atoms with Crippen LogP contribution in [0.2, 0.25) is 0 Å². The number of carboxylic acid groups (broad SMARTS) is 1. The van der Waals surface area contributed by atoms with Gasteiger partial charge in [0.2, 0.25) is 10.0 Å². The molecule has 1 amide bonds. The molecular formula is C29H30N2O7S. The van der Waals surface area contributed by atoms with Crippen molar-refractivity contribution in [1.82, 2.24) is 4.72 Å². The summed E-state index contributed by atoms with van der Waals surface area (Å²) in [5.74, 6) is -1.32. The SMILES string of the molecule is CCOc1cccc2oc(C(=O)Nc3ccc(-c4ccccc4S(=O)(=O)N[C@H](C(=O)O)C(C)C)cc3)c(C)c12. The number of carbonyl (C=O) groups excluding carboxylic acids is 1. The summed E-state index contributed by atoms with van der Waals surface area (Å²) in [5.41, 5.74) is 2.67. The van der Waals surface area contributed by atoms with E-state index in [1.165, 1.54) is 6.07 Å². The fraction of sp³-hybridized carbons (Fsp3) is 0.241. The van der Waals surface area contributed by atoms with Crippen LogP contribution in [0.1, 0.15) is 36.9 Å². The van der Waals surface area contributed by atoms with Crippen LogP contribution in [-0.4, -0.2) is 38.0 Å². The number of fused-ring (bicyclic) bond motifs is 1. The zero-order chi connectivity index (χ0) is 28.3. The number of amides is 1. The minimum absolute atomic E-state index is 0.0447. The number of aliphatic carboxylic acids is 1. The molecule has 3 N–H and O–H groups in total. The van der Waals surface area contributed by atoms with Crippen LogP contribution in [0.3, 0.4) is 0 Å². The number of hydrogen-bond donors (Lipinski definition) is 3. The molecule has 10 heteroatoms. The molecule has 0 aliphatic carbocycles. The van der Waals surface area contributed by atoms with E-state index in [9.17, 15) is 23.1 Å². The van der Waals surface area contributed by atoms with Crippen molar-refractivity contribution in [3.63, 3.8) is 0 Å². The molecule has 0 spiro atoms. The Bertz CT molecular complexity index is 1620. The van der Waals surface area contributed by atoms with Gasteiger partial charge in [-0.1, -0.05) is 50.2 Å². The highest BCUT2D eigenvalue weighted by molar-refractivity contribution is 7.89. The molecule has 4 aromatic rings. The van der Waals surface area contributed by atoms with Crippen LogP contribution < -0.4 is 14.8 Å². The largest absolute Gasteiger partial charge is 0.493 e. The van der Waals surface area contributed by atoms with Gasteiger partial charge in [0.25, 0.3) is 5.91 Å². The van der Waals surface area contributed by atoms with Crippen molar-refractivity contribution in [2.45, 2.75) is 38.6 Å². The molecule has 0 radical (unpaired) electrons. The quantitative estimate of drug-likeness (QED) is 0.239. The van der Waals surface area contributed by atoms with Gasteiger partial charge in [0.05, 0.1) is 16.9 Å². The summed E-state index contributed by atoms with van der Waals surface area (Å²) in [4.78, 5) is 24.6. The lowest BCUT2D eigenvalue weighted by Gasteiger charge is -2.19. The van der Waals surface area contributed by atoms with E-state index >= 15 is 0 Å². The summed E-state index contributed by atoms with van der Waals surface area (Å²) < 4.78 is 40.1. The molecule has 1 atom stereocenters. The van der Waals surface area contributed by atoms with Crippen molar-refractivity contribution in [3.8, 4) is 16.9 Å². The number of aryl methyl sites for hydroxylation is 1. The summed E-state index contributed by atoms with van der Waals surface area (Å²) in [6.07, 6.45) is 0. The zero-order valence-corrected chi connectivity index (χ0v) is 22.8. The van der Waals surface area contributed by atoms with E-state index < -0.39 is 33.9 Å². The number of sulfonamides is 1. The summed E-state index contributed by atoms with van der Waals surface area (Å²) in [6, 6.07) is 17.1. The molecule has 0 saturated carbocycles. The Balaban J connectivity index is 1.59. The monoisotopic (exact) mass is 550 g/mol. The lowest BCUT2D eigenvalue weighted by molar-refractivity contribution is -0.140. The number of anilines is 1. The van der Waals surface area contributed by atoms with Gasteiger partial charge in [-0.2, -0.15) is 4.72 Å². The standard InChI is InChI=1S/C29H30N2O7S/c1-5-37-22-10-8-11-23-25(22)18(4)27(38-23)28(32)30-20-15-13-19(14-16-20)21-9-6-7-12-24(21)39(35,36)31-26(17(2)3)29(33)34/h6-17,26,31H,5H2,1-4H3,(H,30,32)(H,33,34)/t26-/m0/s1. The van der Waals surface area contributed by atoms with Gasteiger partial charge in [0, 0.05) is 16.8 Å². The summed E-state index contributed by atoms with van der Waals surface area (Å²) in [7, 11) is -4.14. The second-order valence-corrected chi connectivity index (χ2v) is 11.0. The van der Waals surface area contributed by atoms with Gasteiger partial charge in [-0.3, -0.25) is 9.59 Å². The topological polar surface area (TPSA) is 135 Å². The number of hydrogen-bond acceptors (Lipinski definition) is 6. The highest BCUT2D eigenvalue weighted by Gasteiger charge is 2.29. The molecule has 4 rings (SSSR count). The molecular weight excluding hydrogens is 520 g/mol. The smallest absolute Gasteiger partial charge is 0.322 e. The summed E-state index contributed by atoms with van der Waals surface area (Å²) in [6.45, 7) is 7.42. The number of nitrogens with one attached hydrogen (secondary N) is 2. The van der Waals surface area contributed by atoms with Gasteiger partial charge in [-0.15, -0.1) is 0 Å². The predicted molar refractivity (Wildman–Crippen MR) is 149 cm³/mol. The molecule has 0 aliphatic rings. The second kappa shape index (κ2) is 11.3. The van der Waals surface area contributed by atoms with E-state index in [0.717, 1.165) is 5.39 Å². The maximum absolute atomic E-state index is 13.1. The highest BCUT2D eigenvalue weighted by Crippen LogP contribution is 2.34. The average Bonchev–Trinajstić information content (AvgIpc) is 3.25. The van der Waals surface area contributed by atoms with E-state index in [1.807, 2.05) is 13.0 Å². The molecule has 1 heterocycles. The number of furan rings is 1. The second-order valence-electron chi connectivity index (χ2n) is 9.33. The zero-order valence-electron chi connectivity index (χ0n) is 22.0. The highest BCUT2D eigenvalue weighted by atomic mass is 32.2. The number of benzene rings is 3. The van der Waals surface area contributed by atoms with Gasteiger partial charge in [0.1, 0.15) is 17.4 Å². The Morgan fingerprint density at radius 2 is 1.69 bits per heavy atom. The van der Waals surface area contributed by atoms with E-state index in [1.54, 1.807) is 75.4 Å². The number of rotatable bonds is 10. The van der Waals surface area contributed by atoms with Crippen molar-refractivity contribution in [3.05, 3.63) is 78.1 Å². The lowest BCUT2D eigenvalue weighted by atomic mass is 10.1. The maximum Gasteiger partial charge on any atom is 0.322 e. The Morgan fingerprint density at radius 1 is 1.00 bits per heavy atom. The number of carbonyl (C=O) groups is 2. The van der Waals surface area contributed by atoms with E-state index in [2.05, 4.69) is 10.0 Å². The normalized spacial score (nSPS) is 12.4. The molecule has 1 aromatic heterocycles. The Labute approximate surface area is 226 Å². The van der Waals surface area contributed by atoms with Gasteiger partial charge in [-0.25, -0.2) is 8.42 Å². The summed E-state index contributed by atoms with van der Waals surface area (Å²) >= 11 is 0. The first kappa shape index (κ1) is 27.9. The molecule has 204 valence electrons. The van der Waals surface area contributed by atoms with Crippen molar-refractivity contribution >= 4 is 38.6 Å². The molecule has 0 unspecified atom stereocenters. The van der Waals surface area contributed by atoms with Gasteiger partial charge >= 0.3 is 5.97 Å². The van der Waals surface area contributed by atoms with Gasteiger partial charge in [0.15, 0.2) is 5.76 Å². The Morgan fingerprint density at radius 3 is 2.33 bits per heavy atom. The van der Waals surface area contributed by atoms with Crippen LogP contribution in [0.4, 0.5) is 5.69 Å². The van der Waals surface area contributed by atoms with E-state index in [0.29, 0.717) is 40.3 Å². The van der Waals surface area contributed by atoms with Gasteiger partial charge < -0.3 is 19.6 Å². The fourth-order valence-electron chi connectivity index (χ4n) is 4.32. The van der Waals surface area contributed by atoms with E-state index in [4.69, 9.17) is 9.15 Å². The molecule has 3 aromatic carbocycles. The first-order valence-corrected chi connectivity index (χ1v) is 13.9. The minimum Gasteiger partial charge on any atom is -0.493 e. The summed E-state index contributed by atoms with van der Waals surface area (Å²) in [5, 5.41) is 13.0. The predicted octanol–water partition coefficient (Wildman–Crippen LogP) is 5.45. The first-order chi connectivity index (χ1) is 18.5. The Kier molecular flexibility index (Phi) is 8.08. The number of ether oxygens (including phenoxy) is 1. The first-order valence-electron chi connectivity index (χ1n) is 12.4. The van der Waals surface area contributed by atoms with E-state index in [-0.39, 0.29) is 10.7 Å². The minimum atomic E-state index is -4.14. The van der Waals surface area contributed by atoms with Crippen LogP contribution >= 0.6 is 0 Å². The third-order valence-electron chi connectivity index (χ3n) is 6.27. The molecule has 0 bridgehead atoms. The van der Waals surface area contributed by atoms with Crippen molar-refractivity contribution in [2.24, 2.45) is 5.92 Å². The maximum atomic E-state index is 13.1. The van der Waals surface area contributed by atoms with Crippen LogP contribution in [0.5, 0.6) is 5.75 Å². The average molecular weight is 551 g/mol. The van der Waals surface area contributed by atoms with Crippen LogP contribution in [0, 0.1) is 12.8 Å².